The van der Waals surface area contributed by atoms with E-state index < -0.39 is 0 Å². The molecule has 0 spiro atoms. The number of ether oxygens (including phenoxy) is 3. The molecule has 2 aromatic rings. The lowest BCUT2D eigenvalue weighted by Gasteiger charge is -2.20. The van der Waals surface area contributed by atoms with Gasteiger partial charge in [0, 0.05) is 22.7 Å². The molecule has 0 amide bonds. The Labute approximate surface area is 162 Å². The average molecular weight is 379 g/mol. The van der Waals surface area contributed by atoms with Crippen molar-refractivity contribution >= 4 is 22.4 Å². The Balaban J connectivity index is 2.28. The summed E-state index contributed by atoms with van der Waals surface area (Å²) in [7, 11) is 1.67. The number of fused-ring (bicyclic) bond motifs is 1. The highest BCUT2D eigenvalue weighted by Crippen LogP contribution is 2.41. The van der Waals surface area contributed by atoms with E-state index >= 15 is 0 Å². The highest BCUT2D eigenvalue weighted by Gasteiger charge is 2.16. The second-order valence-electron chi connectivity index (χ2n) is 6.57. The minimum Gasteiger partial charge on any atom is -0.493 e. The van der Waals surface area contributed by atoms with E-state index in [1.54, 1.807) is 7.11 Å². The van der Waals surface area contributed by atoms with Crippen molar-refractivity contribution in [2.75, 3.05) is 26.2 Å². The Morgan fingerprint density at radius 3 is 2.42 bits per heavy atom. The molecular formula is C22H31ClO3. The van der Waals surface area contributed by atoms with E-state index in [9.17, 15) is 0 Å². The van der Waals surface area contributed by atoms with Crippen LogP contribution in [0.3, 0.4) is 0 Å². The number of methoxy groups -OCH3 is 1. The van der Waals surface area contributed by atoms with Gasteiger partial charge in [0.05, 0.1) is 20.3 Å². The Morgan fingerprint density at radius 1 is 1.00 bits per heavy atom. The summed E-state index contributed by atoms with van der Waals surface area (Å²) in [6.07, 6.45) is 5.60. The van der Waals surface area contributed by atoms with Crippen molar-refractivity contribution in [2.24, 2.45) is 5.92 Å². The summed E-state index contributed by atoms with van der Waals surface area (Å²) in [4.78, 5) is 0. The smallest absolute Gasteiger partial charge is 0.169 e. The molecule has 0 bridgehead atoms. The van der Waals surface area contributed by atoms with Crippen LogP contribution in [0.2, 0.25) is 0 Å². The second-order valence-corrected chi connectivity index (χ2v) is 6.95. The number of benzene rings is 2. The van der Waals surface area contributed by atoms with E-state index in [4.69, 9.17) is 25.8 Å². The van der Waals surface area contributed by atoms with Crippen molar-refractivity contribution in [2.45, 2.75) is 46.0 Å². The fourth-order valence-electron chi connectivity index (χ4n) is 3.05. The van der Waals surface area contributed by atoms with Crippen molar-refractivity contribution in [1.82, 2.24) is 0 Å². The molecule has 0 saturated carbocycles. The SMILES string of the molecule is CCCCC(CC)COc1c(OC)cc(OCCCCl)c2ccccc12. The Morgan fingerprint density at radius 2 is 1.77 bits per heavy atom. The van der Waals surface area contributed by atoms with Crippen molar-refractivity contribution in [3.8, 4) is 17.2 Å². The van der Waals surface area contributed by atoms with Crippen LogP contribution in [-0.4, -0.2) is 26.2 Å². The maximum Gasteiger partial charge on any atom is 0.169 e. The van der Waals surface area contributed by atoms with Gasteiger partial charge in [0.2, 0.25) is 0 Å². The molecule has 0 heterocycles. The first-order valence-electron chi connectivity index (χ1n) is 9.66. The molecule has 26 heavy (non-hydrogen) atoms. The Bertz CT molecular complexity index is 672. The first-order valence-corrected chi connectivity index (χ1v) is 10.2. The molecule has 0 aliphatic heterocycles. The molecule has 0 saturated heterocycles. The molecule has 2 aromatic carbocycles. The van der Waals surface area contributed by atoms with E-state index in [2.05, 4.69) is 26.0 Å². The summed E-state index contributed by atoms with van der Waals surface area (Å²) < 4.78 is 17.8. The standard InChI is InChI=1S/C22H31ClO3/c1-4-6-10-17(5-2)16-26-22-19-12-8-7-11-18(19)20(15-21(22)24-3)25-14-9-13-23/h7-8,11-12,15,17H,4-6,9-10,13-14,16H2,1-3H3. The van der Waals surface area contributed by atoms with E-state index in [1.165, 1.54) is 19.3 Å². The topological polar surface area (TPSA) is 27.7 Å². The summed E-state index contributed by atoms with van der Waals surface area (Å²) in [6.45, 7) is 5.76. The Hall–Kier alpha value is -1.61. The number of halogens is 1. The van der Waals surface area contributed by atoms with Gasteiger partial charge in [-0.15, -0.1) is 11.6 Å². The van der Waals surface area contributed by atoms with Crippen molar-refractivity contribution in [3.63, 3.8) is 0 Å². The summed E-state index contributed by atoms with van der Waals surface area (Å²) >= 11 is 5.77. The molecule has 1 unspecified atom stereocenters. The normalized spacial score (nSPS) is 12.2. The minimum absolute atomic E-state index is 0.568. The predicted octanol–water partition coefficient (Wildman–Crippen LogP) is 6.45. The average Bonchev–Trinajstić information content (AvgIpc) is 2.68. The third-order valence-corrected chi connectivity index (χ3v) is 4.95. The van der Waals surface area contributed by atoms with Crippen LogP contribution in [0.25, 0.3) is 10.8 Å². The van der Waals surface area contributed by atoms with Gasteiger partial charge in [-0.05, 0) is 18.8 Å². The van der Waals surface area contributed by atoms with Crippen LogP contribution in [0.5, 0.6) is 17.2 Å². The van der Waals surface area contributed by atoms with Gasteiger partial charge in [0.15, 0.2) is 11.5 Å². The van der Waals surface area contributed by atoms with E-state index in [-0.39, 0.29) is 0 Å². The summed E-state index contributed by atoms with van der Waals surface area (Å²) in [5.74, 6) is 3.50. The van der Waals surface area contributed by atoms with E-state index in [1.807, 2.05) is 18.2 Å². The van der Waals surface area contributed by atoms with Crippen LogP contribution < -0.4 is 14.2 Å². The van der Waals surface area contributed by atoms with Crippen LogP contribution >= 0.6 is 11.6 Å². The van der Waals surface area contributed by atoms with E-state index in [0.29, 0.717) is 25.0 Å². The van der Waals surface area contributed by atoms with Crippen LogP contribution in [0.4, 0.5) is 0 Å². The maximum absolute atomic E-state index is 6.27. The molecule has 0 N–H and O–H groups in total. The van der Waals surface area contributed by atoms with Gasteiger partial charge in [-0.1, -0.05) is 57.4 Å². The number of hydrogen-bond donors (Lipinski definition) is 0. The van der Waals surface area contributed by atoms with Gasteiger partial charge < -0.3 is 14.2 Å². The monoisotopic (exact) mass is 378 g/mol. The molecule has 144 valence electrons. The molecule has 0 aliphatic carbocycles. The van der Waals surface area contributed by atoms with Crippen LogP contribution in [-0.2, 0) is 0 Å². The van der Waals surface area contributed by atoms with Gasteiger partial charge in [-0.25, -0.2) is 0 Å². The van der Waals surface area contributed by atoms with Crippen LogP contribution in [0, 0.1) is 5.92 Å². The molecule has 0 fully saturated rings. The van der Waals surface area contributed by atoms with Gasteiger partial charge >= 0.3 is 0 Å². The van der Waals surface area contributed by atoms with Gasteiger partial charge in [0.25, 0.3) is 0 Å². The molecule has 1 atom stereocenters. The minimum atomic E-state index is 0.568. The zero-order chi connectivity index (χ0) is 18.8. The summed E-state index contributed by atoms with van der Waals surface area (Å²) in [5.41, 5.74) is 0. The molecule has 0 aromatic heterocycles. The molecule has 3 nitrogen and oxygen atoms in total. The van der Waals surface area contributed by atoms with Crippen LogP contribution in [0.15, 0.2) is 30.3 Å². The lowest BCUT2D eigenvalue weighted by Crippen LogP contribution is -2.12. The van der Waals surface area contributed by atoms with Crippen molar-refractivity contribution in [3.05, 3.63) is 30.3 Å². The third kappa shape index (κ3) is 5.44. The highest BCUT2D eigenvalue weighted by molar-refractivity contribution is 6.17. The largest absolute Gasteiger partial charge is 0.493 e. The fourth-order valence-corrected chi connectivity index (χ4v) is 3.16. The number of rotatable bonds is 12. The molecule has 2 rings (SSSR count). The first-order chi connectivity index (χ1) is 12.7. The summed E-state index contributed by atoms with van der Waals surface area (Å²) in [5, 5.41) is 2.07. The fraction of sp³-hybridized carbons (Fsp3) is 0.545. The van der Waals surface area contributed by atoms with Crippen molar-refractivity contribution < 1.29 is 14.2 Å². The quantitative estimate of drug-likeness (QED) is 0.313. The van der Waals surface area contributed by atoms with Crippen molar-refractivity contribution in [1.29, 1.82) is 0 Å². The number of unbranched alkanes of at least 4 members (excludes halogenated alkanes) is 1. The van der Waals surface area contributed by atoms with Crippen LogP contribution in [0.1, 0.15) is 46.0 Å². The van der Waals surface area contributed by atoms with Gasteiger partial charge in [-0.2, -0.15) is 0 Å². The predicted molar refractivity (Wildman–Crippen MR) is 110 cm³/mol. The van der Waals surface area contributed by atoms with Gasteiger partial charge in [-0.3, -0.25) is 0 Å². The zero-order valence-corrected chi connectivity index (χ0v) is 17.0. The molecule has 0 radical (unpaired) electrons. The maximum atomic E-state index is 6.27. The van der Waals surface area contributed by atoms with E-state index in [0.717, 1.165) is 40.9 Å². The zero-order valence-electron chi connectivity index (χ0n) is 16.2. The molecular weight excluding hydrogens is 348 g/mol. The lowest BCUT2D eigenvalue weighted by atomic mass is 10.0. The second kappa shape index (κ2) is 11.2. The first kappa shape index (κ1) is 20.7. The lowest BCUT2D eigenvalue weighted by molar-refractivity contribution is 0.226. The third-order valence-electron chi connectivity index (χ3n) is 4.69. The number of alkyl halides is 1. The highest BCUT2D eigenvalue weighted by atomic mass is 35.5. The summed E-state index contributed by atoms with van der Waals surface area (Å²) in [6, 6.07) is 10.1. The molecule has 0 aliphatic rings. The van der Waals surface area contributed by atoms with Gasteiger partial charge in [0.1, 0.15) is 5.75 Å². The molecule has 4 heteroatoms. The Kier molecular flexibility index (Phi) is 8.90. The number of hydrogen-bond acceptors (Lipinski definition) is 3.